The molecule has 4 rings (SSSR count). The van der Waals surface area contributed by atoms with Gasteiger partial charge in [-0.2, -0.15) is 0 Å². The van der Waals surface area contributed by atoms with Gasteiger partial charge in [-0.1, -0.05) is 52.7 Å². The van der Waals surface area contributed by atoms with Crippen molar-refractivity contribution in [2.75, 3.05) is 0 Å². The quantitative estimate of drug-likeness (QED) is 0.205. The minimum Gasteiger partial charge on any atom is -0.393 e. The van der Waals surface area contributed by atoms with Gasteiger partial charge in [0.25, 0.3) is 0 Å². The number of hydrogen-bond donors (Lipinski definition) is 5. The Morgan fingerprint density at radius 2 is 1.84 bits per heavy atom. The van der Waals surface area contributed by atoms with Crippen molar-refractivity contribution < 1.29 is 10.2 Å². The van der Waals surface area contributed by atoms with E-state index in [-0.39, 0.29) is 23.7 Å². The van der Waals surface area contributed by atoms with Crippen LogP contribution in [0.3, 0.4) is 0 Å². The normalized spacial score (nSPS) is 27.4. The molecular weight excluding hydrogens is 532 g/mol. The lowest BCUT2D eigenvalue weighted by Crippen LogP contribution is -2.23. The molecule has 0 radical (unpaired) electrons. The van der Waals surface area contributed by atoms with Crippen molar-refractivity contribution >= 4 is 11.8 Å². The summed E-state index contributed by atoms with van der Waals surface area (Å²) in [5.74, 6) is 0.884. The summed E-state index contributed by atoms with van der Waals surface area (Å²) in [7, 11) is 0. The molecule has 0 amide bonds. The van der Waals surface area contributed by atoms with Crippen LogP contribution in [0.2, 0.25) is 0 Å². The molecular formula is C37H54N4O2. The molecule has 0 saturated carbocycles. The van der Waals surface area contributed by atoms with Gasteiger partial charge in [0, 0.05) is 82.1 Å². The van der Waals surface area contributed by atoms with E-state index in [4.69, 9.17) is 4.99 Å². The molecule has 234 valence electrons. The number of nitrogens with one attached hydrogen (secondary N) is 3. The first-order valence-corrected chi connectivity index (χ1v) is 16.4. The summed E-state index contributed by atoms with van der Waals surface area (Å²) in [6, 6.07) is 0. The van der Waals surface area contributed by atoms with Crippen LogP contribution in [0, 0.1) is 30.6 Å². The van der Waals surface area contributed by atoms with Gasteiger partial charge in [-0.3, -0.25) is 4.99 Å². The van der Waals surface area contributed by atoms with Gasteiger partial charge >= 0.3 is 0 Å². The van der Waals surface area contributed by atoms with Gasteiger partial charge in [0.2, 0.25) is 0 Å². The fourth-order valence-electron chi connectivity index (χ4n) is 6.99. The first-order valence-electron chi connectivity index (χ1n) is 16.4. The van der Waals surface area contributed by atoms with E-state index in [2.05, 4.69) is 88.0 Å². The lowest BCUT2D eigenvalue weighted by molar-refractivity contribution is 0.194. The highest BCUT2D eigenvalue weighted by atomic mass is 16.3. The Labute approximate surface area is 259 Å². The molecule has 1 saturated heterocycles. The maximum Gasteiger partial charge on any atom is 0.0715 e. The van der Waals surface area contributed by atoms with E-state index in [0.29, 0.717) is 12.8 Å². The predicted octanol–water partition coefficient (Wildman–Crippen LogP) is 7.39. The van der Waals surface area contributed by atoms with Crippen LogP contribution in [0.1, 0.15) is 96.7 Å². The molecule has 3 aliphatic heterocycles. The number of H-pyrrole nitrogens is 1. The average molecular weight is 587 g/mol. The second-order valence-electron chi connectivity index (χ2n) is 12.8. The Hall–Kier alpha value is -3.09. The second kappa shape index (κ2) is 14.1. The summed E-state index contributed by atoms with van der Waals surface area (Å²) in [6.45, 7) is 21.1. The van der Waals surface area contributed by atoms with Crippen molar-refractivity contribution in [3.63, 3.8) is 0 Å². The van der Waals surface area contributed by atoms with Crippen molar-refractivity contribution in [2.45, 2.75) is 106 Å². The smallest absolute Gasteiger partial charge is 0.0715 e. The fourth-order valence-corrected chi connectivity index (χ4v) is 6.99. The number of aliphatic hydroxyl groups is 2. The highest BCUT2D eigenvalue weighted by Crippen LogP contribution is 2.42. The number of aromatic amines is 1. The van der Waals surface area contributed by atoms with E-state index in [1.54, 1.807) is 6.92 Å². The zero-order valence-electron chi connectivity index (χ0n) is 27.6. The summed E-state index contributed by atoms with van der Waals surface area (Å²) < 4.78 is 0. The van der Waals surface area contributed by atoms with Gasteiger partial charge in [-0.25, -0.2) is 0 Å². The van der Waals surface area contributed by atoms with Gasteiger partial charge in [-0.15, -0.1) is 6.58 Å². The number of aliphatic hydroxyl groups excluding tert-OH is 2. The molecule has 6 unspecified atom stereocenters. The first kappa shape index (κ1) is 32.8. The molecule has 3 aliphatic rings. The van der Waals surface area contributed by atoms with Crippen LogP contribution in [0.4, 0.5) is 0 Å². The number of allylic oxidation sites excluding steroid dienone is 7. The van der Waals surface area contributed by atoms with Crippen LogP contribution in [0.15, 0.2) is 69.9 Å². The molecule has 0 aromatic carbocycles. The maximum atomic E-state index is 10.8. The number of hydrogen-bond acceptors (Lipinski definition) is 5. The van der Waals surface area contributed by atoms with E-state index in [9.17, 15) is 10.2 Å². The minimum absolute atomic E-state index is 0.181. The molecule has 6 heteroatoms. The molecule has 6 atom stereocenters. The van der Waals surface area contributed by atoms with Gasteiger partial charge in [-0.05, 0) is 75.5 Å². The predicted molar refractivity (Wildman–Crippen MR) is 180 cm³/mol. The number of fused-ring (bicyclic) bond motifs is 5. The van der Waals surface area contributed by atoms with Crippen LogP contribution in [-0.2, 0) is 12.8 Å². The van der Waals surface area contributed by atoms with E-state index < -0.39 is 12.2 Å². The van der Waals surface area contributed by atoms with Gasteiger partial charge in [0.1, 0.15) is 0 Å². The summed E-state index contributed by atoms with van der Waals surface area (Å²) in [5, 5.41) is 28.9. The first-order chi connectivity index (χ1) is 20.5. The van der Waals surface area contributed by atoms with Crippen LogP contribution < -0.4 is 10.6 Å². The molecule has 1 aromatic heterocycles. The zero-order chi connectivity index (χ0) is 31.4. The average Bonchev–Trinajstić information content (AvgIpc) is 3.54. The number of rotatable bonds is 8. The van der Waals surface area contributed by atoms with E-state index in [1.807, 2.05) is 13.0 Å². The number of aromatic nitrogens is 1. The van der Waals surface area contributed by atoms with Crippen molar-refractivity contribution in [1.82, 2.24) is 15.6 Å². The molecule has 6 nitrogen and oxygen atoms in total. The molecule has 4 heterocycles. The van der Waals surface area contributed by atoms with Crippen molar-refractivity contribution in [3.05, 3.63) is 87.5 Å². The van der Waals surface area contributed by atoms with E-state index in [0.717, 1.165) is 71.1 Å². The molecule has 43 heavy (non-hydrogen) atoms. The molecule has 6 bridgehead atoms. The Bertz CT molecular complexity index is 1380. The van der Waals surface area contributed by atoms with Gasteiger partial charge in [0.15, 0.2) is 0 Å². The molecule has 5 N–H and O–H groups in total. The lowest BCUT2D eigenvalue weighted by atomic mass is 9.83. The number of aliphatic imine (C=N–C) groups is 1. The second-order valence-corrected chi connectivity index (χ2v) is 12.8. The summed E-state index contributed by atoms with van der Waals surface area (Å²) >= 11 is 0. The lowest BCUT2D eigenvalue weighted by Gasteiger charge is -2.24. The highest BCUT2D eigenvalue weighted by Gasteiger charge is 2.36. The zero-order valence-corrected chi connectivity index (χ0v) is 27.6. The van der Waals surface area contributed by atoms with Crippen LogP contribution in [0.25, 0.3) is 6.08 Å². The summed E-state index contributed by atoms with van der Waals surface area (Å²) in [4.78, 5) is 9.13. The topological polar surface area (TPSA) is 92.7 Å². The maximum absolute atomic E-state index is 10.8. The Balaban J connectivity index is 2.02. The van der Waals surface area contributed by atoms with Gasteiger partial charge in [0.05, 0.1) is 12.2 Å². The SMILES string of the molecule is C=CC1C2=Cc3[nH]c(c(CC)c3C)CC(=CC)NC(=CC(C)O)C(CC(C)O)=C3N=C(C=C(N2)C1C)C(C)C3CCCC. The van der Waals surface area contributed by atoms with Crippen LogP contribution >= 0.6 is 0 Å². The molecule has 0 spiro atoms. The summed E-state index contributed by atoms with van der Waals surface area (Å²) in [5.41, 5.74) is 12.2. The highest BCUT2D eigenvalue weighted by molar-refractivity contribution is 6.00. The Kier molecular flexibility index (Phi) is 10.8. The third-order valence-electron chi connectivity index (χ3n) is 9.49. The summed E-state index contributed by atoms with van der Waals surface area (Å²) in [6.07, 6.45) is 14.7. The van der Waals surface area contributed by atoms with E-state index in [1.165, 1.54) is 16.8 Å². The third kappa shape index (κ3) is 7.02. The molecule has 0 aliphatic carbocycles. The third-order valence-corrected chi connectivity index (χ3v) is 9.49. The number of unbranched alkanes of at least 4 members (excludes halogenated alkanes) is 1. The van der Waals surface area contributed by atoms with E-state index >= 15 is 0 Å². The van der Waals surface area contributed by atoms with Crippen molar-refractivity contribution in [2.24, 2.45) is 28.7 Å². The van der Waals surface area contributed by atoms with Crippen LogP contribution in [-0.4, -0.2) is 33.1 Å². The van der Waals surface area contributed by atoms with Crippen LogP contribution in [0.5, 0.6) is 0 Å². The molecule has 1 fully saturated rings. The van der Waals surface area contributed by atoms with Crippen molar-refractivity contribution in [1.29, 1.82) is 0 Å². The Morgan fingerprint density at radius 1 is 1.09 bits per heavy atom. The van der Waals surface area contributed by atoms with Crippen molar-refractivity contribution in [3.8, 4) is 0 Å². The van der Waals surface area contributed by atoms with Gasteiger partial charge < -0.3 is 25.8 Å². The Morgan fingerprint density at radius 3 is 2.44 bits per heavy atom. The monoisotopic (exact) mass is 586 g/mol. The standard InChI is InChI=1S/C37H54N4O2/c1-10-14-15-29-25(9)33-19-31-24(8)28(13-4)36(40-31)20-32-23(7)27(12-3)35(39-32)18-26(11-2)38-34(17-22(6)43)30(16-21(5)42)37(29)41-33/h11,13,17,19-22,24-25,28-29,38-40,42-43H,4,10,12,14-16,18H2,1-3,5-9H3. The largest absolute Gasteiger partial charge is 0.393 e. The minimum atomic E-state index is -0.664. The molecule has 1 aromatic rings. The fraction of sp³-hybridized carbons (Fsp3) is 0.541. The number of nitrogens with zero attached hydrogens (tertiary/aromatic N) is 1.